The molecule has 2 N–H and O–H groups in total. The number of anilines is 1. The van der Waals surface area contributed by atoms with E-state index in [1.165, 1.54) is 11.8 Å². The van der Waals surface area contributed by atoms with Crippen LogP contribution in [0.1, 0.15) is 17.2 Å². The molecular weight excluding hydrogens is 470 g/mol. The Bertz CT molecular complexity index is 1330. The average molecular weight is 492 g/mol. The molecule has 172 valence electrons. The number of benzene rings is 3. The van der Waals surface area contributed by atoms with Crippen molar-refractivity contribution in [2.75, 3.05) is 17.9 Å². The number of hydrogen-bond acceptors (Lipinski definition) is 6. The first-order chi connectivity index (χ1) is 16.5. The smallest absolute Gasteiger partial charge is 0.240 e. The fraction of sp³-hybridized carbons (Fsp3) is 0.160. The van der Waals surface area contributed by atoms with Gasteiger partial charge in [-0.1, -0.05) is 77.5 Å². The minimum absolute atomic E-state index is 0.145. The zero-order valence-electron chi connectivity index (χ0n) is 18.5. The van der Waals surface area contributed by atoms with E-state index in [4.69, 9.17) is 16.3 Å². The number of aromatic nitrogens is 3. The molecule has 0 aliphatic carbocycles. The number of ether oxygens (including phenoxy) is 1. The standard InChI is InChI=1S/C25H22ClN5O2S/c1-15-8-11-18(12-9-15)27-24(32)22-21(17-10-13-20(33-2)19(26)14-17)30-31-23(28-29-25(31)34-22)16-6-4-3-5-7-16/h3-14,21-22,30H,1-2H3,(H,27,32)/t21-,22+/m1/s1. The first-order valence-electron chi connectivity index (χ1n) is 10.7. The van der Waals surface area contributed by atoms with E-state index in [-0.39, 0.29) is 5.91 Å². The van der Waals surface area contributed by atoms with Crippen LogP contribution in [0.2, 0.25) is 5.02 Å². The van der Waals surface area contributed by atoms with Crippen LogP contribution in [0.4, 0.5) is 5.69 Å². The molecule has 1 aliphatic rings. The van der Waals surface area contributed by atoms with Gasteiger partial charge in [-0.3, -0.25) is 4.79 Å². The molecule has 5 rings (SSSR count). The van der Waals surface area contributed by atoms with Gasteiger partial charge in [0.25, 0.3) is 0 Å². The number of carbonyl (C=O) groups excluding carboxylic acids is 1. The topological polar surface area (TPSA) is 81.1 Å². The van der Waals surface area contributed by atoms with Gasteiger partial charge in [-0.05, 0) is 36.8 Å². The minimum Gasteiger partial charge on any atom is -0.495 e. The summed E-state index contributed by atoms with van der Waals surface area (Å²) < 4.78 is 7.14. The normalized spacial score (nSPS) is 16.9. The Morgan fingerprint density at radius 3 is 2.56 bits per heavy atom. The molecule has 4 aromatic rings. The molecule has 9 heteroatoms. The zero-order valence-corrected chi connectivity index (χ0v) is 20.1. The van der Waals surface area contributed by atoms with E-state index in [2.05, 4.69) is 20.9 Å². The van der Waals surface area contributed by atoms with Crippen molar-refractivity contribution in [1.82, 2.24) is 14.9 Å². The van der Waals surface area contributed by atoms with Crippen molar-refractivity contribution in [3.05, 3.63) is 88.9 Å². The number of rotatable bonds is 5. The Hall–Kier alpha value is -3.49. The van der Waals surface area contributed by atoms with Gasteiger partial charge in [0.05, 0.1) is 18.2 Å². The van der Waals surface area contributed by atoms with Gasteiger partial charge in [0.1, 0.15) is 11.0 Å². The monoisotopic (exact) mass is 491 g/mol. The molecular formula is C25H22ClN5O2S. The van der Waals surface area contributed by atoms with E-state index in [1.807, 2.05) is 78.3 Å². The van der Waals surface area contributed by atoms with Crippen LogP contribution < -0.4 is 15.5 Å². The summed E-state index contributed by atoms with van der Waals surface area (Å²) in [5.74, 6) is 1.10. The molecule has 1 aliphatic heterocycles. The highest BCUT2D eigenvalue weighted by atomic mass is 35.5. The van der Waals surface area contributed by atoms with Gasteiger partial charge in [0, 0.05) is 11.3 Å². The zero-order chi connectivity index (χ0) is 23.7. The average Bonchev–Trinajstić information content (AvgIpc) is 3.28. The number of halogens is 1. The van der Waals surface area contributed by atoms with Crippen LogP contribution in [0.25, 0.3) is 11.4 Å². The highest BCUT2D eigenvalue weighted by molar-refractivity contribution is 8.00. The highest BCUT2D eigenvalue weighted by Gasteiger charge is 2.38. The highest BCUT2D eigenvalue weighted by Crippen LogP contribution is 2.40. The summed E-state index contributed by atoms with van der Waals surface area (Å²) in [6.07, 6.45) is 0. The lowest BCUT2D eigenvalue weighted by Crippen LogP contribution is -2.41. The van der Waals surface area contributed by atoms with E-state index in [1.54, 1.807) is 13.2 Å². The van der Waals surface area contributed by atoms with Crippen LogP contribution in [-0.4, -0.2) is 33.1 Å². The SMILES string of the molecule is COc1ccc([C@H]2Nn3c(nnc3-c3ccccc3)S[C@@H]2C(=O)Nc2ccc(C)cc2)cc1Cl. The Labute approximate surface area is 206 Å². The molecule has 2 heterocycles. The van der Waals surface area contributed by atoms with Crippen molar-refractivity contribution in [2.45, 2.75) is 23.4 Å². The Morgan fingerprint density at radius 2 is 1.85 bits per heavy atom. The maximum absolute atomic E-state index is 13.4. The molecule has 0 saturated carbocycles. The van der Waals surface area contributed by atoms with Gasteiger partial charge in [0.2, 0.25) is 11.1 Å². The first-order valence-corrected chi connectivity index (χ1v) is 11.9. The van der Waals surface area contributed by atoms with Crippen LogP contribution >= 0.6 is 23.4 Å². The van der Waals surface area contributed by atoms with E-state index in [9.17, 15) is 4.79 Å². The molecule has 0 fully saturated rings. The lowest BCUT2D eigenvalue weighted by atomic mass is 10.0. The summed E-state index contributed by atoms with van der Waals surface area (Å²) in [6, 6.07) is 22.6. The molecule has 0 bridgehead atoms. The molecule has 34 heavy (non-hydrogen) atoms. The van der Waals surface area contributed by atoms with E-state index >= 15 is 0 Å². The van der Waals surface area contributed by atoms with E-state index in [0.29, 0.717) is 21.8 Å². The Balaban J connectivity index is 1.52. The third kappa shape index (κ3) is 4.34. The lowest BCUT2D eigenvalue weighted by molar-refractivity contribution is -0.116. The summed E-state index contributed by atoms with van der Waals surface area (Å²) in [5.41, 5.74) is 7.09. The van der Waals surface area contributed by atoms with Gasteiger partial charge in [-0.15, -0.1) is 10.2 Å². The van der Waals surface area contributed by atoms with Gasteiger partial charge >= 0.3 is 0 Å². The maximum Gasteiger partial charge on any atom is 0.240 e. The number of hydrogen-bond donors (Lipinski definition) is 2. The number of aryl methyl sites for hydroxylation is 1. The number of methoxy groups -OCH3 is 1. The molecule has 0 spiro atoms. The largest absolute Gasteiger partial charge is 0.495 e. The second-order valence-corrected chi connectivity index (χ2v) is 9.42. The Morgan fingerprint density at radius 1 is 1.09 bits per heavy atom. The maximum atomic E-state index is 13.4. The third-order valence-corrected chi connectivity index (χ3v) is 7.09. The summed E-state index contributed by atoms with van der Waals surface area (Å²) in [4.78, 5) is 13.4. The number of amides is 1. The van der Waals surface area contributed by atoms with Crippen molar-refractivity contribution >= 4 is 35.0 Å². The summed E-state index contributed by atoms with van der Waals surface area (Å²) in [6.45, 7) is 2.01. The van der Waals surface area contributed by atoms with Crippen molar-refractivity contribution in [2.24, 2.45) is 0 Å². The molecule has 2 atom stereocenters. The van der Waals surface area contributed by atoms with Crippen LogP contribution in [0.15, 0.2) is 78.0 Å². The molecule has 0 saturated heterocycles. The summed E-state index contributed by atoms with van der Waals surface area (Å²) in [7, 11) is 1.57. The van der Waals surface area contributed by atoms with Crippen molar-refractivity contribution in [1.29, 1.82) is 0 Å². The first kappa shape index (κ1) is 22.3. The van der Waals surface area contributed by atoms with Gasteiger partial charge in [-0.25, -0.2) is 4.68 Å². The predicted molar refractivity (Wildman–Crippen MR) is 135 cm³/mol. The van der Waals surface area contributed by atoms with Crippen LogP contribution in [0.5, 0.6) is 5.75 Å². The molecule has 7 nitrogen and oxygen atoms in total. The van der Waals surface area contributed by atoms with Crippen molar-refractivity contribution < 1.29 is 9.53 Å². The van der Waals surface area contributed by atoms with E-state index in [0.717, 1.165) is 22.4 Å². The van der Waals surface area contributed by atoms with Gasteiger partial charge < -0.3 is 15.5 Å². The number of thioether (sulfide) groups is 1. The van der Waals surface area contributed by atoms with E-state index < -0.39 is 11.3 Å². The third-order valence-electron chi connectivity index (χ3n) is 5.58. The second kappa shape index (κ2) is 9.40. The van der Waals surface area contributed by atoms with Gasteiger partial charge in [0.15, 0.2) is 5.82 Å². The van der Waals surface area contributed by atoms with Crippen molar-refractivity contribution in [3.63, 3.8) is 0 Å². The fourth-order valence-electron chi connectivity index (χ4n) is 3.81. The minimum atomic E-state index is -0.522. The van der Waals surface area contributed by atoms with Crippen LogP contribution in [0, 0.1) is 6.92 Å². The lowest BCUT2D eigenvalue weighted by Gasteiger charge is -2.33. The predicted octanol–water partition coefficient (Wildman–Crippen LogP) is 5.31. The molecule has 1 aromatic heterocycles. The fourth-order valence-corrected chi connectivity index (χ4v) is 5.15. The molecule has 0 radical (unpaired) electrons. The summed E-state index contributed by atoms with van der Waals surface area (Å²) >= 11 is 7.80. The molecule has 1 amide bonds. The molecule has 0 unspecified atom stereocenters. The van der Waals surface area contributed by atoms with Crippen molar-refractivity contribution in [3.8, 4) is 17.1 Å². The summed E-state index contributed by atoms with van der Waals surface area (Å²) in [5, 5.41) is 12.3. The van der Waals surface area contributed by atoms with Crippen LogP contribution in [-0.2, 0) is 4.79 Å². The number of nitrogens with zero attached hydrogens (tertiary/aromatic N) is 3. The quantitative estimate of drug-likeness (QED) is 0.393. The number of carbonyl (C=O) groups is 1. The second-order valence-electron chi connectivity index (χ2n) is 7.90. The van der Waals surface area contributed by atoms with Gasteiger partial charge in [-0.2, -0.15) is 0 Å². The number of fused-ring (bicyclic) bond motifs is 1. The Kier molecular flexibility index (Phi) is 6.17. The van der Waals surface area contributed by atoms with Crippen LogP contribution in [0.3, 0.4) is 0 Å². The molecule has 3 aromatic carbocycles. The number of nitrogens with one attached hydrogen (secondary N) is 2.